The van der Waals surface area contributed by atoms with Gasteiger partial charge in [-0.3, -0.25) is 0 Å². The topological polar surface area (TPSA) is 43.0 Å². The maximum atomic E-state index is 6.06. The lowest BCUT2D eigenvalue weighted by molar-refractivity contribution is 0.0861. The van der Waals surface area contributed by atoms with Crippen LogP contribution in [0.4, 0.5) is 5.69 Å². The first kappa shape index (κ1) is 18.9. The average Bonchev–Trinajstić information content (AvgIpc) is 2.77. The van der Waals surface area contributed by atoms with E-state index in [1.165, 1.54) is 18.5 Å². The fraction of sp³-hybridized carbons (Fsp3) is 0.478. The maximum absolute atomic E-state index is 6.06. The van der Waals surface area contributed by atoms with Crippen LogP contribution in [0, 0.1) is 5.92 Å². The van der Waals surface area contributed by atoms with E-state index in [1.54, 1.807) is 7.11 Å². The van der Waals surface area contributed by atoms with Gasteiger partial charge < -0.3 is 24.4 Å². The number of methoxy groups -OCH3 is 1. The Balaban J connectivity index is 1.25. The number of ether oxygens (including phenoxy) is 3. The Bertz CT molecular complexity index is 774. The monoisotopic (exact) mass is 382 g/mol. The van der Waals surface area contributed by atoms with Crippen LogP contribution in [0.5, 0.6) is 17.2 Å². The molecule has 28 heavy (non-hydrogen) atoms. The van der Waals surface area contributed by atoms with Gasteiger partial charge in [-0.25, -0.2) is 0 Å². The van der Waals surface area contributed by atoms with Gasteiger partial charge in [0.05, 0.1) is 12.8 Å². The summed E-state index contributed by atoms with van der Waals surface area (Å²) < 4.78 is 17.4. The number of anilines is 1. The van der Waals surface area contributed by atoms with E-state index >= 15 is 0 Å². The van der Waals surface area contributed by atoms with Crippen LogP contribution in [-0.4, -0.2) is 45.5 Å². The molecular weight excluding hydrogens is 352 g/mol. The summed E-state index contributed by atoms with van der Waals surface area (Å²) in [4.78, 5) is 2.44. The highest BCUT2D eigenvalue weighted by molar-refractivity contribution is 5.58. The zero-order valence-corrected chi connectivity index (χ0v) is 16.8. The molecule has 2 aliphatic heterocycles. The molecule has 0 spiro atoms. The van der Waals surface area contributed by atoms with E-state index in [0.29, 0.717) is 18.6 Å². The minimum atomic E-state index is 0.0611. The zero-order valence-electron chi connectivity index (χ0n) is 16.8. The number of benzene rings is 2. The van der Waals surface area contributed by atoms with Crippen molar-refractivity contribution in [3.8, 4) is 17.2 Å². The fourth-order valence-electron chi connectivity index (χ4n) is 4.18. The molecule has 5 heteroatoms. The van der Waals surface area contributed by atoms with Crippen molar-refractivity contribution in [1.29, 1.82) is 0 Å². The molecule has 1 unspecified atom stereocenters. The van der Waals surface area contributed by atoms with Gasteiger partial charge >= 0.3 is 0 Å². The molecule has 2 atom stereocenters. The highest BCUT2D eigenvalue weighted by atomic mass is 16.6. The minimum absolute atomic E-state index is 0.0611. The van der Waals surface area contributed by atoms with Gasteiger partial charge in [-0.2, -0.15) is 0 Å². The van der Waals surface area contributed by atoms with Crippen LogP contribution in [0.2, 0.25) is 0 Å². The molecule has 0 amide bonds. The molecule has 4 rings (SSSR count). The van der Waals surface area contributed by atoms with E-state index < -0.39 is 0 Å². The lowest BCUT2D eigenvalue weighted by Crippen LogP contribution is -2.46. The van der Waals surface area contributed by atoms with E-state index in [4.69, 9.17) is 14.2 Å². The normalized spacial score (nSPS) is 20.6. The molecule has 2 aromatic rings. The van der Waals surface area contributed by atoms with Crippen molar-refractivity contribution < 1.29 is 14.2 Å². The molecule has 2 aromatic carbocycles. The van der Waals surface area contributed by atoms with Crippen LogP contribution in [0.3, 0.4) is 0 Å². The van der Waals surface area contributed by atoms with E-state index in [-0.39, 0.29) is 6.10 Å². The lowest BCUT2D eigenvalue weighted by atomic mass is 9.90. The summed E-state index contributed by atoms with van der Waals surface area (Å²) in [5, 5.41) is 3.68. The Labute approximate surface area is 167 Å². The predicted molar refractivity (Wildman–Crippen MR) is 112 cm³/mol. The Morgan fingerprint density at radius 1 is 1.07 bits per heavy atom. The van der Waals surface area contributed by atoms with Crippen LogP contribution in [-0.2, 0) is 0 Å². The van der Waals surface area contributed by atoms with Crippen molar-refractivity contribution in [1.82, 2.24) is 5.32 Å². The molecule has 1 saturated heterocycles. The number of piperidine rings is 1. The second kappa shape index (κ2) is 8.74. The molecule has 0 aliphatic carbocycles. The number of nitrogens with zero attached hydrogens (tertiary/aromatic N) is 1. The van der Waals surface area contributed by atoms with Crippen molar-refractivity contribution in [3.05, 3.63) is 48.5 Å². The smallest absolute Gasteiger partial charge is 0.161 e. The van der Waals surface area contributed by atoms with Crippen LogP contribution < -0.4 is 24.4 Å². The summed E-state index contributed by atoms with van der Waals surface area (Å²) in [5.74, 6) is 3.32. The van der Waals surface area contributed by atoms with Gasteiger partial charge in [0.15, 0.2) is 11.5 Å². The van der Waals surface area contributed by atoms with Crippen molar-refractivity contribution in [2.75, 3.05) is 38.3 Å². The standard InChI is InChI=1S/C23H30N2O3/c1-17(24-15-19-16-27-22-9-5-6-10-23(22)28-19)18-11-13-25(14-12-18)20-7-3-4-8-21(20)26-2/h3-10,17-19,24H,11-16H2,1-2H3/t17?,19-/m0/s1. The Morgan fingerprint density at radius 3 is 2.57 bits per heavy atom. The summed E-state index contributed by atoms with van der Waals surface area (Å²) in [6, 6.07) is 16.6. The molecular formula is C23H30N2O3. The molecule has 2 heterocycles. The zero-order chi connectivity index (χ0) is 19.3. The highest BCUT2D eigenvalue weighted by Crippen LogP contribution is 2.33. The number of hydrogen-bond acceptors (Lipinski definition) is 5. The predicted octanol–water partition coefficient (Wildman–Crippen LogP) is 3.73. The van der Waals surface area contributed by atoms with Gasteiger partial charge in [0, 0.05) is 25.7 Å². The van der Waals surface area contributed by atoms with Gasteiger partial charge in [-0.15, -0.1) is 0 Å². The fourth-order valence-corrected chi connectivity index (χ4v) is 4.18. The first-order valence-corrected chi connectivity index (χ1v) is 10.2. The van der Waals surface area contributed by atoms with Crippen molar-refractivity contribution in [2.24, 2.45) is 5.92 Å². The number of para-hydroxylation sites is 4. The molecule has 0 radical (unpaired) electrons. The summed E-state index contributed by atoms with van der Waals surface area (Å²) >= 11 is 0. The van der Waals surface area contributed by atoms with E-state index in [0.717, 1.165) is 36.9 Å². The van der Waals surface area contributed by atoms with Crippen LogP contribution >= 0.6 is 0 Å². The third kappa shape index (κ3) is 4.20. The molecule has 0 aromatic heterocycles. The SMILES string of the molecule is COc1ccccc1N1CCC(C(C)NC[C@H]2COc3ccccc3O2)CC1. The highest BCUT2D eigenvalue weighted by Gasteiger charge is 2.27. The van der Waals surface area contributed by atoms with Gasteiger partial charge in [0.2, 0.25) is 0 Å². The number of hydrogen-bond donors (Lipinski definition) is 1. The Morgan fingerprint density at radius 2 is 1.79 bits per heavy atom. The molecule has 0 bridgehead atoms. The van der Waals surface area contributed by atoms with Gasteiger partial charge in [-0.05, 0) is 49.9 Å². The Kier molecular flexibility index (Phi) is 5.91. The molecule has 1 N–H and O–H groups in total. The van der Waals surface area contributed by atoms with Crippen molar-refractivity contribution in [3.63, 3.8) is 0 Å². The third-order valence-corrected chi connectivity index (χ3v) is 5.91. The number of fused-ring (bicyclic) bond motifs is 1. The maximum Gasteiger partial charge on any atom is 0.161 e. The molecule has 5 nitrogen and oxygen atoms in total. The largest absolute Gasteiger partial charge is 0.495 e. The number of nitrogens with one attached hydrogen (secondary N) is 1. The van der Waals surface area contributed by atoms with Gasteiger partial charge in [0.1, 0.15) is 18.5 Å². The summed E-state index contributed by atoms with van der Waals surface area (Å²) in [5.41, 5.74) is 1.20. The van der Waals surface area contributed by atoms with Gasteiger partial charge in [-0.1, -0.05) is 24.3 Å². The lowest BCUT2D eigenvalue weighted by Gasteiger charge is -2.37. The summed E-state index contributed by atoms with van der Waals surface area (Å²) in [6.45, 7) is 5.83. The summed E-state index contributed by atoms with van der Waals surface area (Å²) in [7, 11) is 1.74. The van der Waals surface area contributed by atoms with Crippen LogP contribution in [0.15, 0.2) is 48.5 Å². The summed E-state index contributed by atoms with van der Waals surface area (Å²) in [6.07, 6.45) is 2.42. The molecule has 2 aliphatic rings. The molecule has 0 saturated carbocycles. The van der Waals surface area contributed by atoms with E-state index in [2.05, 4.69) is 29.3 Å². The van der Waals surface area contributed by atoms with Crippen molar-refractivity contribution in [2.45, 2.75) is 31.9 Å². The minimum Gasteiger partial charge on any atom is -0.495 e. The number of rotatable bonds is 6. The third-order valence-electron chi connectivity index (χ3n) is 5.91. The second-order valence-corrected chi connectivity index (χ2v) is 7.69. The van der Waals surface area contributed by atoms with Gasteiger partial charge in [0.25, 0.3) is 0 Å². The van der Waals surface area contributed by atoms with E-state index in [9.17, 15) is 0 Å². The van der Waals surface area contributed by atoms with Crippen LogP contribution in [0.1, 0.15) is 19.8 Å². The average molecular weight is 383 g/mol. The first-order chi connectivity index (χ1) is 13.7. The molecule has 150 valence electrons. The quantitative estimate of drug-likeness (QED) is 0.825. The first-order valence-electron chi connectivity index (χ1n) is 10.2. The van der Waals surface area contributed by atoms with E-state index in [1.807, 2.05) is 36.4 Å². The van der Waals surface area contributed by atoms with Crippen molar-refractivity contribution >= 4 is 5.69 Å². The van der Waals surface area contributed by atoms with Crippen LogP contribution in [0.25, 0.3) is 0 Å². The molecule has 1 fully saturated rings. The Hall–Kier alpha value is -2.40. The second-order valence-electron chi connectivity index (χ2n) is 7.69.